The Kier molecular flexibility index (Phi) is 5.42. The van der Waals surface area contributed by atoms with Gasteiger partial charge < -0.3 is 15.0 Å². The number of para-hydroxylation sites is 2. The zero-order valence-corrected chi connectivity index (χ0v) is 16.7. The van der Waals surface area contributed by atoms with Crippen LogP contribution < -0.4 is 10.1 Å². The van der Waals surface area contributed by atoms with Crippen LogP contribution in [0, 0.1) is 6.92 Å². The molecule has 148 valence electrons. The van der Waals surface area contributed by atoms with E-state index in [2.05, 4.69) is 27.4 Å². The smallest absolute Gasteiger partial charge is 0.272 e. The monoisotopic (exact) mass is 388 g/mol. The number of aromatic nitrogens is 2. The molecule has 0 aliphatic carbocycles. The summed E-state index contributed by atoms with van der Waals surface area (Å²) in [7, 11) is 0. The lowest BCUT2D eigenvalue weighted by Crippen LogP contribution is -2.36. The van der Waals surface area contributed by atoms with Crippen LogP contribution in [0.25, 0.3) is 0 Å². The normalized spacial score (nSPS) is 13.0. The minimum absolute atomic E-state index is 0.0776. The van der Waals surface area contributed by atoms with Gasteiger partial charge >= 0.3 is 0 Å². The first-order chi connectivity index (χ1) is 14.1. The number of benzene rings is 2. The van der Waals surface area contributed by atoms with Gasteiger partial charge in [0.15, 0.2) is 0 Å². The number of hydrogen-bond donors (Lipinski definition) is 1. The number of fused-ring (bicyclic) bond motifs is 1. The van der Waals surface area contributed by atoms with Crippen LogP contribution >= 0.6 is 0 Å². The largest absolute Gasteiger partial charge is 0.492 e. The van der Waals surface area contributed by atoms with Gasteiger partial charge in [0, 0.05) is 19.2 Å². The molecular formula is C23H24N4O2. The standard InChI is InChI=1S/C23H24N4O2/c1-3-29-21-11-7-6-10-19(21)26-22-14-20(24-16(2)25-22)23(28)27-13-12-17-8-4-5-9-18(17)15-27/h4-11,14H,3,12-13,15H2,1-2H3,(H,24,25,26). The summed E-state index contributed by atoms with van der Waals surface area (Å²) in [6.07, 6.45) is 0.860. The summed E-state index contributed by atoms with van der Waals surface area (Å²) < 4.78 is 5.66. The topological polar surface area (TPSA) is 67.3 Å². The van der Waals surface area contributed by atoms with E-state index in [1.54, 1.807) is 13.0 Å². The van der Waals surface area contributed by atoms with Crippen molar-refractivity contribution in [3.8, 4) is 5.75 Å². The molecule has 0 unspecified atom stereocenters. The van der Waals surface area contributed by atoms with Crippen molar-refractivity contribution in [3.05, 3.63) is 77.2 Å². The number of hydrogen-bond acceptors (Lipinski definition) is 5. The molecule has 1 amide bonds. The van der Waals surface area contributed by atoms with Gasteiger partial charge in [-0.05, 0) is 43.5 Å². The van der Waals surface area contributed by atoms with E-state index >= 15 is 0 Å². The lowest BCUT2D eigenvalue weighted by Gasteiger charge is -2.28. The lowest BCUT2D eigenvalue weighted by atomic mass is 10.00. The van der Waals surface area contributed by atoms with Crippen LogP contribution in [0.15, 0.2) is 54.6 Å². The molecule has 6 heteroatoms. The zero-order valence-electron chi connectivity index (χ0n) is 16.7. The van der Waals surface area contributed by atoms with E-state index in [-0.39, 0.29) is 5.91 Å². The molecule has 0 fully saturated rings. The predicted octanol–water partition coefficient (Wildman–Crippen LogP) is 4.13. The third-order valence-electron chi connectivity index (χ3n) is 4.92. The molecule has 1 aliphatic rings. The maximum atomic E-state index is 13.1. The lowest BCUT2D eigenvalue weighted by molar-refractivity contribution is 0.0728. The quantitative estimate of drug-likeness (QED) is 0.712. The van der Waals surface area contributed by atoms with Gasteiger partial charge in [0.2, 0.25) is 0 Å². The van der Waals surface area contributed by atoms with Crippen molar-refractivity contribution in [1.82, 2.24) is 14.9 Å². The summed E-state index contributed by atoms with van der Waals surface area (Å²) in [6, 6.07) is 17.6. The molecule has 1 N–H and O–H groups in total. The van der Waals surface area contributed by atoms with Crippen LogP contribution in [0.5, 0.6) is 5.75 Å². The fraction of sp³-hybridized carbons (Fsp3) is 0.261. The molecule has 3 aromatic rings. The summed E-state index contributed by atoms with van der Waals surface area (Å²) in [4.78, 5) is 23.8. The Labute approximate surface area is 170 Å². The Balaban J connectivity index is 1.57. The summed E-state index contributed by atoms with van der Waals surface area (Å²) in [6.45, 7) is 5.60. The molecule has 6 nitrogen and oxygen atoms in total. The second kappa shape index (κ2) is 8.31. The number of nitrogens with zero attached hydrogens (tertiary/aromatic N) is 3. The Hall–Kier alpha value is -3.41. The van der Waals surface area contributed by atoms with Gasteiger partial charge in [0.25, 0.3) is 5.91 Å². The number of anilines is 2. The van der Waals surface area contributed by atoms with E-state index in [1.807, 2.05) is 48.2 Å². The summed E-state index contributed by atoms with van der Waals surface area (Å²) in [5, 5.41) is 3.27. The van der Waals surface area contributed by atoms with E-state index in [1.165, 1.54) is 11.1 Å². The molecule has 1 aromatic heterocycles. The molecule has 2 heterocycles. The maximum absolute atomic E-state index is 13.1. The van der Waals surface area contributed by atoms with E-state index in [0.717, 1.165) is 17.9 Å². The first-order valence-corrected chi connectivity index (χ1v) is 9.84. The van der Waals surface area contributed by atoms with Gasteiger partial charge in [-0.25, -0.2) is 9.97 Å². The van der Waals surface area contributed by atoms with Crippen LogP contribution in [0.1, 0.15) is 34.4 Å². The molecule has 4 rings (SSSR count). The van der Waals surface area contributed by atoms with Crippen LogP contribution in [0.3, 0.4) is 0 Å². The molecule has 1 aliphatic heterocycles. The highest BCUT2D eigenvalue weighted by atomic mass is 16.5. The van der Waals surface area contributed by atoms with Gasteiger partial charge in [-0.1, -0.05) is 36.4 Å². The van der Waals surface area contributed by atoms with E-state index < -0.39 is 0 Å². The fourth-order valence-electron chi connectivity index (χ4n) is 3.56. The van der Waals surface area contributed by atoms with Gasteiger partial charge in [0.1, 0.15) is 23.1 Å². The SMILES string of the molecule is CCOc1ccccc1Nc1cc(C(=O)N2CCc3ccccc3C2)nc(C)n1. The first kappa shape index (κ1) is 18.9. The maximum Gasteiger partial charge on any atom is 0.272 e. The molecule has 0 bridgehead atoms. The number of carbonyl (C=O) groups is 1. The van der Waals surface area contributed by atoms with E-state index in [4.69, 9.17) is 4.74 Å². The minimum atomic E-state index is -0.0776. The number of ether oxygens (including phenoxy) is 1. The van der Waals surface area contributed by atoms with Crippen molar-refractivity contribution in [2.75, 3.05) is 18.5 Å². The average molecular weight is 388 g/mol. The van der Waals surface area contributed by atoms with Crippen LogP contribution in [-0.4, -0.2) is 33.9 Å². The number of amides is 1. The van der Waals surface area contributed by atoms with Crippen LogP contribution in [0.4, 0.5) is 11.5 Å². The fourth-order valence-corrected chi connectivity index (χ4v) is 3.56. The molecule has 0 saturated carbocycles. The third-order valence-corrected chi connectivity index (χ3v) is 4.92. The average Bonchev–Trinajstić information content (AvgIpc) is 2.74. The van der Waals surface area contributed by atoms with Crippen LogP contribution in [-0.2, 0) is 13.0 Å². The Morgan fingerprint density at radius 3 is 2.69 bits per heavy atom. The van der Waals surface area contributed by atoms with Crippen molar-refractivity contribution in [2.24, 2.45) is 0 Å². The van der Waals surface area contributed by atoms with Crippen molar-refractivity contribution in [3.63, 3.8) is 0 Å². The second-order valence-electron chi connectivity index (χ2n) is 6.99. The van der Waals surface area contributed by atoms with E-state index in [9.17, 15) is 4.79 Å². The molecular weight excluding hydrogens is 364 g/mol. The third kappa shape index (κ3) is 4.21. The zero-order chi connectivity index (χ0) is 20.2. The highest BCUT2D eigenvalue weighted by molar-refractivity contribution is 5.93. The first-order valence-electron chi connectivity index (χ1n) is 9.84. The van der Waals surface area contributed by atoms with Crippen molar-refractivity contribution >= 4 is 17.4 Å². The molecule has 0 radical (unpaired) electrons. The minimum Gasteiger partial charge on any atom is -0.492 e. The van der Waals surface area contributed by atoms with Crippen molar-refractivity contribution in [1.29, 1.82) is 0 Å². The Bertz CT molecular complexity index is 1030. The summed E-state index contributed by atoms with van der Waals surface area (Å²) in [5.74, 6) is 1.79. The van der Waals surface area contributed by atoms with Gasteiger partial charge in [0.05, 0.1) is 12.3 Å². The highest BCUT2D eigenvalue weighted by Crippen LogP contribution is 2.27. The molecule has 2 aromatic carbocycles. The van der Waals surface area contributed by atoms with E-state index in [0.29, 0.717) is 37.0 Å². The number of nitrogens with one attached hydrogen (secondary N) is 1. The molecule has 0 saturated heterocycles. The summed E-state index contributed by atoms with van der Waals surface area (Å²) >= 11 is 0. The molecule has 29 heavy (non-hydrogen) atoms. The second-order valence-corrected chi connectivity index (χ2v) is 6.99. The van der Waals surface area contributed by atoms with Gasteiger partial charge in [-0.15, -0.1) is 0 Å². The molecule has 0 atom stereocenters. The van der Waals surface area contributed by atoms with Crippen LogP contribution in [0.2, 0.25) is 0 Å². The van der Waals surface area contributed by atoms with Gasteiger partial charge in [-0.3, -0.25) is 4.79 Å². The van der Waals surface area contributed by atoms with Gasteiger partial charge in [-0.2, -0.15) is 0 Å². The van der Waals surface area contributed by atoms with Crippen molar-refractivity contribution < 1.29 is 9.53 Å². The number of aryl methyl sites for hydroxylation is 1. The number of carbonyl (C=O) groups excluding carboxylic acids is 1. The van der Waals surface area contributed by atoms with Crippen molar-refractivity contribution in [2.45, 2.75) is 26.8 Å². The predicted molar refractivity (Wildman–Crippen MR) is 113 cm³/mol. The Morgan fingerprint density at radius 2 is 1.86 bits per heavy atom. The number of rotatable bonds is 5. The summed E-state index contributed by atoms with van der Waals surface area (Å²) in [5.41, 5.74) is 3.71. The molecule has 0 spiro atoms. The Morgan fingerprint density at radius 1 is 1.10 bits per heavy atom. The highest BCUT2D eigenvalue weighted by Gasteiger charge is 2.23.